The molecular weight excluding hydrogens is 519 g/mol. The van der Waals surface area contributed by atoms with Crippen LogP contribution < -0.4 is 15.5 Å². The number of nitrogens with zero attached hydrogens (tertiary/aromatic N) is 3. The van der Waals surface area contributed by atoms with Crippen molar-refractivity contribution in [3.63, 3.8) is 0 Å². The van der Waals surface area contributed by atoms with Gasteiger partial charge >= 0.3 is 0 Å². The van der Waals surface area contributed by atoms with Gasteiger partial charge in [0.05, 0.1) is 5.69 Å². The topological polar surface area (TPSA) is 80.2 Å². The third-order valence-electron chi connectivity index (χ3n) is 4.69. The number of benzene rings is 2. The summed E-state index contributed by atoms with van der Waals surface area (Å²) in [6.07, 6.45) is 0. The molecule has 0 aromatic heterocycles. The Kier molecular flexibility index (Phi) is 9.28. The van der Waals surface area contributed by atoms with E-state index in [4.69, 9.17) is 0 Å². The minimum Gasteiger partial charge on any atom is -0.508 e. The van der Waals surface area contributed by atoms with E-state index in [0.717, 1.165) is 12.1 Å². The van der Waals surface area contributed by atoms with Crippen molar-refractivity contribution in [1.29, 1.82) is 0 Å². The second-order valence-corrected chi connectivity index (χ2v) is 6.84. The van der Waals surface area contributed by atoms with Crippen molar-refractivity contribution in [3.05, 3.63) is 54.1 Å². The molecule has 2 aromatic rings. The number of phenols is 1. The third kappa shape index (κ3) is 6.94. The van der Waals surface area contributed by atoms with Gasteiger partial charge in [-0.05, 0) is 43.3 Å². The SMILES string of the molecule is CCNC(=NCC(=O)Nc1ccc(O)cc1)N1CCN(c2cc(F)ccc2F)CC1.I. The van der Waals surface area contributed by atoms with E-state index < -0.39 is 11.6 Å². The molecule has 3 rings (SSSR count). The van der Waals surface area contributed by atoms with Crippen LogP contribution in [0, 0.1) is 11.6 Å². The Hall–Kier alpha value is -2.63. The maximum absolute atomic E-state index is 14.0. The Morgan fingerprint density at radius 2 is 1.77 bits per heavy atom. The molecule has 10 heteroatoms. The molecule has 7 nitrogen and oxygen atoms in total. The number of aliphatic imine (C=N–C) groups is 1. The highest BCUT2D eigenvalue weighted by atomic mass is 127. The molecule has 1 fully saturated rings. The van der Waals surface area contributed by atoms with Crippen LogP contribution in [-0.2, 0) is 4.79 Å². The van der Waals surface area contributed by atoms with Crippen LogP contribution in [-0.4, -0.2) is 61.1 Å². The molecule has 1 heterocycles. The molecule has 1 saturated heterocycles. The minimum atomic E-state index is -0.469. The lowest BCUT2D eigenvalue weighted by atomic mass is 10.2. The summed E-state index contributed by atoms with van der Waals surface area (Å²) in [5.74, 6) is -0.480. The summed E-state index contributed by atoms with van der Waals surface area (Å²) in [4.78, 5) is 20.4. The molecule has 2 aromatic carbocycles. The second-order valence-electron chi connectivity index (χ2n) is 6.84. The van der Waals surface area contributed by atoms with Crippen LogP contribution in [0.1, 0.15) is 6.92 Å². The normalized spacial score (nSPS) is 14.1. The lowest BCUT2D eigenvalue weighted by molar-refractivity contribution is -0.114. The highest BCUT2D eigenvalue weighted by Crippen LogP contribution is 2.22. The van der Waals surface area contributed by atoms with E-state index in [2.05, 4.69) is 15.6 Å². The van der Waals surface area contributed by atoms with Crippen molar-refractivity contribution in [3.8, 4) is 5.75 Å². The minimum absolute atomic E-state index is 0. The number of rotatable bonds is 5. The van der Waals surface area contributed by atoms with Gasteiger partial charge in [0, 0.05) is 44.5 Å². The number of piperazine rings is 1. The van der Waals surface area contributed by atoms with Crippen LogP contribution in [0.4, 0.5) is 20.2 Å². The van der Waals surface area contributed by atoms with Gasteiger partial charge in [-0.2, -0.15) is 0 Å². The summed E-state index contributed by atoms with van der Waals surface area (Å²) in [6.45, 7) is 4.63. The zero-order valence-electron chi connectivity index (χ0n) is 17.1. The molecule has 0 saturated carbocycles. The average Bonchev–Trinajstić information content (AvgIpc) is 2.75. The number of halogens is 3. The van der Waals surface area contributed by atoms with Crippen molar-refractivity contribution in [2.75, 3.05) is 49.5 Å². The van der Waals surface area contributed by atoms with E-state index in [1.807, 2.05) is 11.8 Å². The first kappa shape index (κ1) is 24.6. The van der Waals surface area contributed by atoms with Crippen LogP contribution in [0.5, 0.6) is 5.75 Å². The van der Waals surface area contributed by atoms with Gasteiger partial charge in [-0.25, -0.2) is 13.8 Å². The summed E-state index contributed by atoms with van der Waals surface area (Å²) in [5.41, 5.74) is 0.827. The van der Waals surface area contributed by atoms with Gasteiger partial charge in [0.2, 0.25) is 5.91 Å². The van der Waals surface area contributed by atoms with Gasteiger partial charge < -0.3 is 25.5 Å². The lowest BCUT2D eigenvalue weighted by Gasteiger charge is -2.37. The number of anilines is 2. The molecular formula is C21H26F2IN5O2. The molecule has 0 unspecified atom stereocenters. The first-order chi connectivity index (χ1) is 14.5. The molecule has 0 aliphatic carbocycles. The fourth-order valence-electron chi connectivity index (χ4n) is 3.21. The smallest absolute Gasteiger partial charge is 0.246 e. The van der Waals surface area contributed by atoms with Gasteiger partial charge in [-0.1, -0.05) is 0 Å². The number of hydrogen-bond donors (Lipinski definition) is 3. The molecule has 3 N–H and O–H groups in total. The van der Waals surface area contributed by atoms with Crippen molar-refractivity contribution < 1.29 is 18.7 Å². The molecule has 1 aliphatic heterocycles. The third-order valence-corrected chi connectivity index (χ3v) is 4.69. The zero-order valence-corrected chi connectivity index (χ0v) is 19.5. The molecule has 31 heavy (non-hydrogen) atoms. The van der Waals surface area contributed by atoms with Crippen molar-refractivity contribution >= 4 is 47.2 Å². The second kappa shape index (κ2) is 11.7. The molecule has 168 valence electrons. The number of phenolic OH excluding ortho intramolecular Hbond substituents is 1. The number of hydrogen-bond acceptors (Lipinski definition) is 4. The molecule has 0 bridgehead atoms. The van der Waals surface area contributed by atoms with Crippen LogP contribution in [0.3, 0.4) is 0 Å². The Morgan fingerprint density at radius 3 is 2.42 bits per heavy atom. The van der Waals surface area contributed by atoms with E-state index in [9.17, 15) is 18.7 Å². The van der Waals surface area contributed by atoms with E-state index in [-0.39, 0.29) is 47.9 Å². The number of guanidine groups is 1. The quantitative estimate of drug-likeness (QED) is 0.233. The Bertz CT molecular complexity index is 903. The monoisotopic (exact) mass is 545 g/mol. The van der Waals surface area contributed by atoms with E-state index in [1.165, 1.54) is 18.2 Å². The maximum atomic E-state index is 14.0. The average molecular weight is 545 g/mol. The fourth-order valence-corrected chi connectivity index (χ4v) is 3.21. The fraction of sp³-hybridized carbons (Fsp3) is 0.333. The first-order valence-electron chi connectivity index (χ1n) is 9.78. The lowest BCUT2D eigenvalue weighted by Crippen LogP contribution is -2.53. The van der Waals surface area contributed by atoms with Crippen molar-refractivity contribution in [2.24, 2.45) is 4.99 Å². The van der Waals surface area contributed by atoms with Gasteiger partial charge in [0.25, 0.3) is 0 Å². The number of nitrogens with one attached hydrogen (secondary N) is 2. The Balaban J connectivity index is 0.00000341. The number of carbonyl (C=O) groups is 1. The largest absolute Gasteiger partial charge is 0.508 e. The van der Waals surface area contributed by atoms with E-state index in [0.29, 0.717) is 44.4 Å². The Labute approximate surface area is 197 Å². The molecule has 0 radical (unpaired) electrons. The molecule has 0 spiro atoms. The zero-order chi connectivity index (χ0) is 21.5. The van der Waals surface area contributed by atoms with Crippen LogP contribution in [0.25, 0.3) is 0 Å². The summed E-state index contributed by atoms with van der Waals surface area (Å²) < 4.78 is 27.5. The highest BCUT2D eigenvalue weighted by Gasteiger charge is 2.22. The predicted octanol–water partition coefficient (Wildman–Crippen LogP) is 3.01. The maximum Gasteiger partial charge on any atom is 0.246 e. The van der Waals surface area contributed by atoms with Gasteiger partial charge in [0.1, 0.15) is 23.9 Å². The number of amides is 1. The van der Waals surface area contributed by atoms with Gasteiger partial charge in [0.15, 0.2) is 5.96 Å². The summed E-state index contributed by atoms with van der Waals surface area (Å²) in [7, 11) is 0. The van der Waals surface area contributed by atoms with E-state index in [1.54, 1.807) is 17.0 Å². The van der Waals surface area contributed by atoms with Crippen LogP contribution in [0.15, 0.2) is 47.5 Å². The van der Waals surface area contributed by atoms with Crippen molar-refractivity contribution in [2.45, 2.75) is 6.92 Å². The summed E-state index contributed by atoms with van der Waals surface area (Å²) in [5, 5.41) is 15.2. The van der Waals surface area contributed by atoms with Gasteiger partial charge in [-0.3, -0.25) is 4.79 Å². The molecule has 1 amide bonds. The van der Waals surface area contributed by atoms with Gasteiger partial charge in [-0.15, -0.1) is 24.0 Å². The predicted molar refractivity (Wildman–Crippen MR) is 128 cm³/mol. The highest BCUT2D eigenvalue weighted by molar-refractivity contribution is 14.0. The summed E-state index contributed by atoms with van der Waals surface area (Å²) in [6, 6.07) is 9.63. The Morgan fingerprint density at radius 1 is 1.10 bits per heavy atom. The summed E-state index contributed by atoms with van der Waals surface area (Å²) >= 11 is 0. The van der Waals surface area contributed by atoms with Crippen LogP contribution in [0.2, 0.25) is 0 Å². The standard InChI is InChI=1S/C21H25F2N5O2.HI/c1-2-24-21(25-14-20(30)26-16-4-6-17(29)7-5-16)28-11-9-27(10-12-28)19-13-15(22)3-8-18(19)23;/h3-8,13,29H,2,9-12,14H2,1H3,(H,24,25)(H,26,30);1H. The first-order valence-corrected chi connectivity index (χ1v) is 9.78. The number of aromatic hydroxyl groups is 1. The van der Waals surface area contributed by atoms with Crippen LogP contribution >= 0.6 is 24.0 Å². The molecule has 1 aliphatic rings. The molecule has 0 atom stereocenters. The number of carbonyl (C=O) groups excluding carboxylic acids is 1. The van der Waals surface area contributed by atoms with Crippen molar-refractivity contribution in [1.82, 2.24) is 10.2 Å². The van der Waals surface area contributed by atoms with E-state index >= 15 is 0 Å².